The molecule has 27 heavy (non-hydrogen) atoms. The highest BCUT2D eigenvalue weighted by atomic mass is 19.1. The number of unbranched alkanes of at least 4 members (excludes halogenated alkanes) is 2. The average molecular weight is 371 g/mol. The molecule has 0 aromatic heterocycles. The van der Waals surface area contributed by atoms with E-state index in [4.69, 9.17) is 0 Å². The summed E-state index contributed by atoms with van der Waals surface area (Å²) in [5, 5.41) is 0. The van der Waals surface area contributed by atoms with E-state index in [9.17, 15) is 4.39 Å². The standard InChI is InChI=1S/C26H39F/c1-3-5-6-8-24-17-18-25(19-26(24)27)23-15-13-22(14-16-23)21-11-9-20(7-4-2)10-12-21/h9,11,17-23H,3-8,10,12-16H2,1-2H3. The predicted octanol–water partition coefficient (Wildman–Crippen LogP) is 8.21. The molecule has 1 saturated carbocycles. The maximum absolute atomic E-state index is 14.5. The van der Waals surface area contributed by atoms with Crippen molar-refractivity contribution < 1.29 is 4.39 Å². The predicted molar refractivity (Wildman–Crippen MR) is 115 cm³/mol. The molecule has 0 saturated heterocycles. The topological polar surface area (TPSA) is 0 Å². The van der Waals surface area contributed by atoms with E-state index in [1.807, 2.05) is 6.07 Å². The molecule has 0 radical (unpaired) electrons. The van der Waals surface area contributed by atoms with Crippen LogP contribution >= 0.6 is 0 Å². The third-order valence-corrected chi connectivity index (χ3v) is 7.14. The van der Waals surface area contributed by atoms with Crippen molar-refractivity contribution in [1.29, 1.82) is 0 Å². The highest BCUT2D eigenvalue weighted by Crippen LogP contribution is 2.42. The minimum Gasteiger partial charge on any atom is -0.207 e. The smallest absolute Gasteiger partial charge is 0.126 e. The van der Waals surface area contributed by atoms with Crippen LogP contribution in [0.4, 0.5) is 4.39 Å². The number of hydrogen-bond donors (Lipinski definition) is 0. The zero-order chi connectivity index (χ0) is 19.1. The maximum atomic E-state index is 14.5. The van der Waals surface area contributed by atoms with Gasteiger partial charge in [0.2, 0.25) is 0 Å². The van der Waals surface area contributed by atoms with Crippen LogP contribution in [0.3, 0.4) is 0 Å². The van der Waals surface area contributed by atoms with Crippen molar-refractivity contribution in [3.8, 4) is 0 Å². The Morgan fingerprint density at radius 2 is 1.70 bits per heavy atom. The first-order valence-corrected chi connectivity index (χ1v) is 11.7. The molecule has 0 N–H and O–H groups in total. The normalized spacial score (nSPS) is 28.4. The first-order chi connectivity index (χ1) is 13.2. The second kappa shape index (κ2) is 10.4. The van der Waals surface area contributed by atoms with Crippen LogP contribution in [0.25, 0.3) is 0 Å². The van der Waals surface area contributed by atoms with Gasteiger partial charge in [-0.2, -0.15) is 0 Å². The molecule has 0 spiro atoms. The Balaban J connectivity index is 1.50. The second-order valence-electron chi connectivity index (χ2n) is 9.09. The molecular weight excluding hydrogens is 331 g/mol. The van der Waals surface area contributed by atoms with E-state index >= 15 is 0 Å². The van der Waals surface area contributed by atoms with E-state index in [2.05, 4.69) is 38.1 Å². The van der Waals surface area contributed by atoms with Gasteiger partial charge < -0.3 is 0 Å². The molecule has 0 aliphatic heterocycles. The van der Waals surface area contributed by atoms with Gasteiger partial charge in [-0.3, -0.25) is 0 Å². The summed E-state index contributed by atoms with van der Waals surface area (Å²) >= 11 is 0. The number of benzene rings is 1. The lowest BCUT2D eigenvalue weighted by molar-refractivity contribution is 0.239. The van der Waals surface area contributed by atoms with Gasteiger partial charge in [0, 0.05) is 0 Å². The molecule has 2 unspecified atom stereocenters. The first-order valence-electron chi connectivity index (χ1n) is 11.7. The van der Waals surface area contributed by atoms with Crippen LogP contribution in [-0.2, 0) is 6.42 Å². The van der Waals surface area contributed by atoms with Crippen LogP contribution in [0.5, 0.6) is 0 Å². The Bertz CT molecular complexity index is 594. The summed E-state index contributed by atoms with van der Waals surface area (Å²) in [6.07, 6.45) is 20.0. The van der Waals surface area contributed by atoms with Crippen LogP contribution in [0.1, 0.15) is 102 Å². The fraction of sp³-hybridized carbons (Fsp3) is 0.692. The van der Waals surface area contributed by atoms with E-state index in [1.54, 1.807) is 0 Å². The minimum absolute atomic E-state index is 0.0305. The Labute approximate surface area is 166 Å². The Morgan fingerprint density at radius 1 is 0.889 bits per heavy atom. The van der Waals surface area contributed by atoms with Gasteiger partial charge in [-0.1, -0.05) is 57.4 Å². The number of rotatable bonds is 8. The summed E-state index contributed by atoms with van der Waals surface area (Å²) in [6.45, 7) is 4.49. The highest BCUT2D eigenvalue weighted by Gasteiger charge is 2.29. The summed E-state index contributed by atoms with van der Waals surface area (Å²) < 4.78 is 14.5. The molecule has 0 bridgehead atoms. The van der Waals surface area contributed by atoms with Gasteiger partial charge in [-0.15, -0.1) is 0 Å². The molecule has 2 aliphatic rings. The number of allylic oxidation sites excluding steroid dienone is 2. The van der Waals surface area contributed by atoms with Crippen molar-refractivity contribution >= 4 is 0 Å². The Morgan fingerprint density at radius 3 is 2.33 bits per heavy atom. The summed E-state index contributed by atoms with van der Waals surface area (Å²) in [6, 6.07) is 6.12. The quantitative estimate of drug-likeness (QED) is 0.319. The minimum atomic E-state index is 0.0305. The summed E-state index contributed by atoms with van der Waals surface area (Å²) in [5.41, 5.74) is 2.15. The molecule has 1 fully saturated rings. The molecule has 1 heteroatoms. The van der Waals surface area contributed by atoms with Crippen molar-refractivity contribution in [3.63, 3.8) is 0 Å². The van der Waals surface area contributed by atoms with Gasteiger partial charge >= 0.3 is 0 Å². The van der Waals surface area contributed by atoms with E-state index in [-0.39, 0.29) is 5.82 Å². The fourth-order valence-electron chi connectivity index (χ4n) is 5.37. The maximum Gasteiger partial charge on any atom is 0.126 e. The van der Waals surface area contributed by atoms with Crippen LogP contribution in [0.2, 0.25) is 0 Å². The molecule has 2 aliphatic carbocycles. The van der Waals surface area contributed by atoms with E-state index < -0.39 is 0 Å². The van der Waals surface area contributed by atoms with Crippen molar-refractivity contribution in [2.45, 2.75) is 96.8 Å². The molecule has 1 aromatic rings. The van der Waals surface area contributed by atoms with Gasteiger partial charge in [0.15, 0.2) is 0 Å². The van der Waals surface area contributed by atoms with Gasteiger partial charge in [-0.05, 0) is 98.7 Å². The second-order valence-corrected chi connectivity index (χ2v) is 9.09. The monoisotopic (exact) mass is 370 g/mol. The SMILES string of the molecule is CCCCCc1ccc(C2CCC(C3C=CC(CCC)CC3)CC2)cc1F. The van der Waals surface area contributed by atoms with Crippen molar-refractivity contribution in [3.05, 3.63) is 47.3 Å². The molecule has 0 heterocycles. The summed E-state index contributed by atoms with van der Waals surface area (Å²) in [4.78, 5) is 0. The highest BCUT2D eigenvalue weighted by molar-refractivity contribution is 5.27. The van der Waals surface area contributed by atoms with Crippen LogP contribution in [-0.4, -0.2) is 0 Å². The molecule has 2 atom stereocenters. The lowest BCUT2D eigenvalue weighted by Crippen LogP contribution is -2.22. The zero-order valence-corrected chi connectivity index (χ0v) is 17.6. The lowest BCUT2D eigenvalue weighted by atomic mass is 9.70. The van der Waals surface area contributed by atoms with Crippen molar-refractivity contribution in [2.75, 3.05) is 0 Å². The number of aryl methyl sites for hydroxylation is 1. The largest absolute Gasteiger partial charge is 0.207 e. The molecule has 150 valence electrons. The van der Waals surface area contributed by atoms with Gasteiger partial charge in [0.25, 0.3) is 0 Å². The van der Waals surface area contributed by atoms with E-state index in [0.717, 1.165) is 36.2 Å². The Kier molecular flexibility index (Phi) is 7.97. The number of hydrogen-bond acceptors (Lipinski definition) is 0. The van der Waals surface area contributed by atoms with Gasteiger partial charge in [0.1, 0.15) is 5.82 Å². The Hall–Kier alpha value is -1.11. The summed E-state index contributed by atoms with van der Waals surface area (Å²) in [5.74, 6) is 3.10. The lowest BCUT2D eigenvalue weighted by Gasteiger charge is -2.35. The third kappa shape index (κ3) is 5.69. The summed E-state index contributed by atoms with van der Waals surface area (Å²) in [7, 11) is 0. The molecule has 3 rings (SSSR count). The van der Waals surface area contributed by atoms with Crippen LogP contribution < -0.4 is 0 Å². The molecular formula is C26H39F. The average Bonchev–Trinajstić information content (AvgIpc) is 2.70. The van der Waals surface area contributed by atoms with E-state index in [1.165, 1.54) is 69.8 Å². The fourth-order valence-corrected chi connectivity index (χ4v) is 5.37. The van der Waals surface area contributed by atoms with E-state index in [0.29, 0.717) is 5.92 Å². The van der Waals surface area contributed by atoms with Crippen molar-refractivity contribution in [2.24, 2.45) is 17.8 Å². The zero-order valence-electron chi connectivity index (χ0n) is 17.6. The first kappa shape index (κ1) is 20.6. The van der Waals surface area contributed by atoms with Crippen LogP contribution in [0.15, 0.2) is 30.4 Å². The third-order valence-electron chi connectivity index (χ3n) is 7.14. The van der Waals surface area contributed by atoms with Gasteiger partial charge in [-0.25, -0.2) is 4.39 Å². The molecule has 1 aromatic carbocycles. The van der Waals surface area contributed by atoms with Gasteiger partial charge in [0.05, 0.1) is 0 Å². The number of halogens is 1. The molecule has 0 amide bonds. The molecule has 0 nitrogen and oxygen atoms in total. The van der Waals surface area contributed by atoms with Crippen molar-refractivity contribution in [1.82, 2.24) is 0 Å². The van der Waals surface area contributed by atoms with Crippen LogP contribution in [0, 0.1) is 23.6 Å².